The molecular weight excluding hydrogens is 220 g/mol. The molecule has 5 heteroatoms. The number of hydrogen-bond acceptors (Lipinski definition) is 4. The lowest BCUT2D eigenvalue weighted by Crippen LogP contribution is -2.40. The Bertz CT molecular complexity index is 224. The SMILES string of the molecule is COCCOCC(=O)NCC1CCCN(C)C1. The van der Waals surface area contributed by atoms with Crippen LogP contribution in [0.15, 0.2) is 0 Å². The Morgan fingerprint density at radius 1 is 1.47 bits per heavy atom. The molecule has 0 saturated carbocycles. The second-order valence-electron chi connectivity index (χ2n) is 4.62. The van der Waals surface area contributed by atoms with Gasteiger partial charge in [0.05, 0.1) is 13.2 Å². The van der Waals surface area contributed by atoms with Crippen LogP contribution in [0.5, 0.6) is 0 Å². The van der Waals surface area contributed by atoms with Crippen molar-refractivity contribution in [1.29, 1.82) is 0 Å². The summed E-state index contributed by atoms with van der Waals surface area (Å²) in [5.41, 5.74) is 0. The first-order valence-corrected chi connectivity index (χ1v) is 6.24. The summed E-state index contributed by atoms with van der Waals surface area (Å²) < 4.78 is 9.98. The van der Waals surface area contributed by atoms with Crippen LogP contribution in [0.1, 0.15) is 12.8 Å². The molecule has 1 atom stereocenters. The maximum Gasteiger partial charge on any atom is 0.246 e. The van der Waals surface area contributed by atoms with Crippen molar-refractivity contribution in [3.8, 4) is 0 Å². The molecule has 1 N–H and O–H groups in total. The number of methoxy groups -OCH3 is 1. The Kier molecular flexibility index (Phi) is 7.16. The van der Waals surface area contributed by atoms with E-state index in [2.05, 4.69) is 17.3 Å². The topological polar surface area (TPSA) is 50.8 Å². The Labute approximate surface area is 103 Å². The normalized spacial score (nSPS) is 21.4. The van der Waals surface area contributed by atoms with Crippen LogP contribution in [-0.4, -0.2) is 64.4 Å². The van der Waals surface area contributed by atoms with Crippen molar-refractivity contribution in [3.63, 3.8) is 0 Å². The summed E-state index contributed by atoms with van der Waals surface area (Å²) in [4.78, 5) is 13.8. The van der Waals surface area contributed by atoms with Crippen LogP contribution in [0.3, 0.4) is 0 Å². The van der Waals surface area contributed by atoms with Gasteiger partial charge in [0.15, 0.2) is 0 Å². The third-order valence-corrected chi connectivity index (χ3v) is 2.97. The number of nitrogens with zero attached hydrogens (tertiary/aromatic N) is 1. The molecule has 1 amide bonds. The van der Waals surface area contributed by atoms with Crippen LogP contribution in [0.2, 0.25) is 0 Å². The quantitative estimate of drug-likeness (QED) is 0.646. The third-order valence-electron chi connectivity index (χ3n) is 2.97. The van der Waals surface area contributed by atoms with Crippen molar-refractivity contribution in [1.82, 2.24) is 10.2 Å². The van der Waals surface area contributed by atoms with Gasteiger partial charge in [0, 0.05) is 20.2 Å². The second kappa shape index (κ2) is 8.44. The molecule has 0 spiro atoms. The van der Waals surface area contributed by atoms with Gasteiger partial charge in [-0.2, -0.15) is 0 Å². The fourth-order valence-electron chi connectivity index (χ4n) is 2.06. The number of carbonyl (C=O) groups is 1. The van der Waals surface area contributed by atoms with Crippen molar-refractivity contribution >= 4 is 5.91 Å². The van der Waals surface area contributed by atoms with E-state index >= 15 is 0 Å². The number of amides is 1. The smallest absolute Gasteiger partial charge is 0.246 e. The maximum absolute atomic E-state index is 11.4. The summed E-state index contributed by atoms with van der Waals surface area (Å²) in [6.45, 7) is 4.13. The highest BCUT2D eigenvalue weighted by Crippen LogP contribution is 2.13. The monoisotopic (exact) mass is 244 g/mol. The van der Waals surface area contributed by atoms with Gasteiger partial charge in [-0.05, 0) is 32.4 Å². The molecule has 1 heterocycles. The van der Waals surface area contributed by atoms with E-state index in [-0.39, 0.29) is 12.5 Å². The molecular formula is C12H24N2O3. The molecule has 1 rings (SSSR count). The summed E-state index contributed by atoms with van der Waals surface area (Å²) in [7, 11) is 3.74. The Morgan fingerprint density at radius 2 is 2.29 bits per heavy atom. The lowest BCUT2D eigenvalue weighted by atomic mass is 9.98. The zero-order valence-corrected chi connectivity index (χ0v) is 10.9. The minimum Gasteiger partial charge on any atom is -0.382 e. The molecule has 1 aliphatic heterocycles. The number of piperidine rings is 1. The van der Waals surface area contributed by atoms with Gasteiger partial charge in [-0.25, -0.2) is 0 Å². The molecule has 1 fully saturated rings. The van der Waals surface area contributed by atoms with Gasteiger partial charge in [0.1, 0.15) is 6.61 Å². The zero-order chi connectivity index (χ0) is 12.5. The van der Waals surface area contributed by atoms with E-state index in [0.717, 1.165) is 13.1 Å². The van der Waals surface area contributed by atoms with E-state index < -0.39 is 0 Å². The number of rotatable bonds is 7. The lowest BCUT2D eigenvalue weighted by Gasteiger charge is -2.29. The largest absolute Gasteiger partial charge is 0.382 e. The molecule has 0 bridgehead atoms. The average Bonchev–Trinajstić information content (AvgIpc) is 2.32. The molecule has 5 nitrogen and oxygen atoms in total. The Hall–Kier alpha value is -0.650. The van der Waals surface area contributed by atoms with Crippen molar-refractivity contribution in [2.24, 2.45) is 5.92 Å². The highest BCUT2D eigenvalue weighted by molar-refractivity contribution is 5.77. The first kappa shape index (κ1) is 14.4. The summed E-state index contributed by atoms with van der Waals surface area (Å²) >= 11 is 0. The molecule has 0 radical (unpaired) electrons. The minimum atomic E-state index is -0.0330. The van der Waals surface area contributed by atoms with Gasteiger partial charge >= 0.3 is 0 Å². The predicted octanol–water partition coefficient (Wildman–Crippen LogP) is 0.107. The third kappa shape index (κ3) is 6.61. The van der Waals surface area contributed by atoms with Gasteiger partial charge in [0.2, 0.25) is 5.91 Å². The molecule has 0 aromatic heterocycles. The first-order valence-electron chi connectivity index (χ1n) is 6.24. The molecule has 1 unspecified atom stereocenters. The fraction of sp³-hybridized carbons (Fsp3) is 0.917. The number of ether oxygens (including phenoxy) is 2. The van der Waals surface area contributed by atoms with Crippen LogP contribution in [-0.2, 0) is 14.3 Å². The molecule has 1 aliphatic rings. The molecule has 0 aliphatic carbocycles. The zero-order valence-electron chi connectivity index (χ0n) is 10.9. The maximum atomic E-state index is 11.4. The summed E-state index contributed by atoms with van der Waals surface area (Å²) in [5.74, 6) is 0.547. The standard InChI is InChI=1S/C12H24N2O3/c1-14-5-3-4-11(9-14)8-13-12(15)10-17-7-6-16-2/h11H,3-10H2,1-2H3,(H,13,15). The first-order chi connectivity index (χ1) is 8.22. The number of carbonyl (C=O) groups excluding carboxylic acids is 1. The molecule has 1 saturated heterocycles. The fourth-order valence-corrected chi connectivity index (χ4v) is 2.06. The van der Waals surface area contributed by atoms with Gasteiger partial charge in [-0.1, -0.05) is 0 Å². The van der Waals surface area contributed by atoms with E-state index in [4.69, 9.17) is 9.47 Å². The van der Waals surface area contributed by atoms with E-state index in [9.17, 15) is 4.79 Å². The summed E-state index contributed by atoms with van der Waals surface area (Å²) in [6, 6.07) is 0. The van der Waals surface area contributed by atoms with E-state index in [1.807, 2.05) is 0 Å². The number of hydrogen-bond donors (Lipinski definition) is 1. The van der Waals surface area contributed by atoms with Gasteiger partial charge in [0.25, 0.3) is 0 Å². The molecule has 0 aromatic rings. The minimum absolute atomic E-state index is 0.0330. The van der Waals surface area contributed by atoms with Crippen LogP contribution >= 0.6 is 0 Å². The lowest BCUT2D eigenvalue weighted by molar-refractivity contribution is -0.126. The van der Waals surface area contributed by atoms with Crippen LogP contribution in [0.4, 0.5) is 0 Å². The highest BCUT2D eigenvalue weighted by Gasteiger charge is 2.17. The van der Waals surface area contributed by atoms with Crippen LogP contribution in [0.25, 0.3) is 0 Å². The molecule has 0 aromatic carbocycles. The van der Waals surface area contributed by atoms with Crippen molar-refractivity contribution in [2.45, 2.75) is 12.8 Å². The highest BCUT2D eigenvalue weighted by atomic mass is 16.5. The van der Waals surface area contributed by atoms with Gasteiger partial charge in [-0.3, -0.25) is 4.79 Å². The van der Waals surface area contributed by atoms with Crippen molar-refractivity contribution in [2.75, 3.05) is 53.6 Å². The predicted molar refractivity (Wildman–Crippen MR) is 65.9 cm³/mol. The number of likely N-dealkylation sites (tertiary alicyclic amines) is 1. The van der Waals surface area contributed by atoms with Crippen molar-refractivity contribution < 1.29 is 14.3 Å². The van der Waals surface area contributed by atoms with Crippen molar-refractivity contribution in [3.05, 3.63) is 0 Å². The average molecular weight is 244 g/mol. The second-order valence-corrected chi connectivity index (χ2v) is 4.62. The van der Waals surface area contributed by atoms with Crippen LogP contribution < -0.4 is 5.32 Å². The summed E-state index contributed by atoms with van der Waals surface area (Å²) in [6.07, 6.45) is 2.43. The molecule has 100 valence electrons. The van der Waals surface area contributed by atoms with Gasteiger partial charge < -0.3 is 19.7 Å². The summed E-state index contributed by atoms with van der Waals surface area (Å²) in [5, 5.41) is 2.92. The Balaban J connectivity index is 2.02. The Morgan fingerprint density at radius 3 is 3.00 bits per heavy atom. The van der Waals surface area contributed by atoms with Gasteiger partial charge in [-0.15, -0.1) is 0 Å². The van der Waals surface area contributed by atoms with E-state index in [1.54, 1.807) is 7.11 Å². The van der Waals surface area contributed by atoms with E-state index in [1.165, 1.54) is 19.4 Å². The number of nitrogens with one attached hydrogen (secondary N) is 1. The van der Waals surface area contributed by atoms with E-state index in [0.29, 0.717) is 19.1 Å². The molecule has 17 heavy (non-hydrogen) atoms. The van der Waals surface area contributed by atoms with Crippen LogP contribution in [0, 0.1) is 5.92 Å².